The van der Waals surface area contributed by atoms with Crippen molar-refractivity contribution in [3.63, 3.8) is 0 Å². The van der Waals surface area contributed by atoms with Gasteiger partial charge in [0, 0.05) is 37.0 Å². The minimum Gasteiger partial charge on any atom is -0.508 e. The number of fused-ring (bicyclic) bond motifs is 12. The van der Waals surface area contributed by atoms with Crippen LogP contribution in [0, 0.1) is 44.3 Å². The summed E-state index contributed by atoms with van der Waals surface area (Å²) in [5, 5.41) is 50.1. The Morgan fingerprint density at radius 2 is 0.650 bits per heavy atom. The molecule has 0 radical (unpaired) electrons. The van der Waals surface area contributed by atoms with Crippen LogP contribution < -0.4 is 21.3 Å². The van der Waals surface area contributed by atoms with E-state index in [4.69, 9.17) is 24.9 Å². The maximum atomic E-state index is 14.0. The number of halogens is 8. The van der Waals surface area contributed by atoms with E-state index >= 15 is 0 Å². The van der Waals surface area contributed by atoms with Crippen LogP contribution in [0.1, 0.15) is 150 Å². The minimum atomic E-state index is -2.29. The van der Waals surface area contributed by atoms with E-state index in [1.807, 2.05) is 120 Å². The number of phenols is 4. The van der Waals surface area contributed by atoms with E-state index < -0.39 is 64.5 Å². The summed E-state index contributed by atoms with van der Waals surface area (Å²) in [6.45, 7) is 15.3. The van der Waals surface area contributed by atoms with Crippen molar-refractivity contribution < 1.29 is 70.3 Å². The Bertz CT molecular complexity index is 6320. The number of anilines is 4. The standard InChI is InChI=1S/C24H18F5N3O2.C24H21F2N3O2.C24H22IN3O2.C23H21N3O2/c1-10(2)7-16-24(31-15-6-3-11-8-12(33)4-5-13(11)23(15)30-16)32-17(34)9-14-18(25)20(27)22(29)21(28)19(14)26;1-13(2)9-21-24(29-22(31)11-14-3-7-18(25)19(26)10-14)28-20-8-4-15-12-16(30)5-6-17(15)23(20)27-21;1-14(2)11-21-24(28-22(30)12-15-3-6-17(25)7-4-15)27-20-10-5-16-13-18(29)8-9-19(16)23(20)26-21;1-14(2)12-20-22(26-23(28)15-6-4-3-5-7-15)25-19-11-8-16-13-17(27)9-10-18(16)21(19)24-20/h4-5,7-8,33H,3,6,9H2,1-2H3,(H,31,32,34);3,5-7,9-10,12,30H,4,8,11H2,1-2H3,(H,28,29,31);3-4,6-9,11,13,29H,5,10,12H2,1-2H3,(H,27,28,30);3-7,9-10,12-13,27H,8,11H2,1-2H3,(H,25,26,28). The first-order valence-electron chi connectivity index (χ1n) is 39.2. The molecule has 16 rings (SSSR count). The van der Waals surface area contributed by atoms with Gasteiger partial charge in [-0.1, -0.05) is 58.7 Å². The highest BCUT2D eigenvalue weighted by atomic mass is 127. The fourth-order valence-electron chi connectivity index (χ4n) is 14.3. The third kappa shape index (κ3) is 21.0. The Labute approximate surface area is 717 Å². The Balaban J connectivity index is 0.000000141. The van der Waals surface area contributed by atoms with E-state index in [0.717, 1.165) is 135 Å². The number of aromatic nitrogens is 8. The largest absolute Gasteiger partial charge is 0.508 e. The van der Waals surface area contributed by atoms with E-state index in [-0.39, 0.29) is 59.2 Å². The molecule has 4 aliphatic carbocycles. The summed E-state index contributed by atoms with van der Waals surface area (Å²) in [6, 6.07) is 41.1. The average Bonchev–Trinajstić information content (AvgIpc) is 0.773. The Hall–Kier alpha value is -13.6. The lowest BCUT2D eigenvalue weighted by molar-refractivity contribution is -0.116. The SMILES string of the molecule is CC(C)=Cc1nc2c(nc1NC(=O)Cc1c(F)c(F)c(F)c(F)c1F)CCc1cc(O)ccc1-2.CC(C)=Cc1nc2c(nc1NC(=O)Cc1ccc(F)c(F)c1)CCc1cc(O)ccc1-2.CC(C)=Cc1nc2c(nc1NC(=O)Cc1ccc(I)cc1)CCc1cc(O)ccc1-2.CC(C)=Cc1nc2c(nc1NC(=O)c1ccccc1)CCc1cc(O)ccc1-2. The van der Waals surface area contributed by atoms with E-state index in [2.05, 4.69) is 58.8 Å². The van der Waals surface area contributed by atoms with Crippen LogP contribution in [0.4, 0.5) is 54.0 Å². The fourth-order valence-corrected chi connectivity index (χ4v) is 14.7. The quantitative estimate of drug-likeness (QED) is 0.0205. The number of benzene rings is 8. The summed E-state index contributed by atoms with van der Waals surface area (Å²) < 4.78 is 95.9. The van der Waals surface area contributed by atoms with Gasteiger partial charge in [0.2, 0.25) is 23.5 Å². The molecule has 4 heterocycles. The van der Waals surface area contributed by atoms with E-state index in [9.17, 15) is 70.3 Å². The van der Waals surface area contributed by atoms with E-state index in [1.165, 1.54) is 12.1 Å². The smallest absolute Gasteiger partial charge is 0.256 e. The Kier molecular flexibility index (Phi) is 26.9. The Morgan fingerprint density at radius 1 is 0.341 bits per heavy atom. The molecular formula is C95H82F7IN12O8. The van der Waals surface area contributed by atoms with Gasteiger partial charge in [-0.25, -0.2) is 70.6 Å². The molecule has 0 saturated carbocycles. The zero-order chi connectivity index (χ0) is 87.8. The van der Waals surface area contributed by atoms with Gasteiger partial charge in [0.05, 0.1) is 64.8 Å². The summed E-state index contributed by atoms with van der Waals surface area (Å²) in [5.41, 5.74) is 20.2. The number of aryl methyl sites for hydroxylation is 8. The number of hydrogen-bond acceptors (Lipinski definition) is 16. The lowest BCUT2D eigenvalue weighted by Gasteiger charge is -2.20. The van der Waals surface area contributed by atoms with Gasteiger partial charge in [-0.05, 0) is 296 Å². The van der Waals surface area contributed by atoms with Crippen molar-refractivity contribution in [2.75, 3.05) is 21.3 Å². The van der Waals surface area contributed by atoms with Crippen LogP contribution in [0.5, 0.6) is 23.0 Å². The topological polar surface area (TPSA) is 300 Å². The molecule has 626 valence electrons. The molecule has 0 atom stereocenters. The fraction of sp³-hybridized carbons (Fsp3) is 0.200. The first-order chi connectivity index (χ1) is 58.8. The molecular weight excluding hydrogens is 1700 g/mol. The molecule has 0 unspecified atom stereocenters. The molecule has 4 aliphatic rings. The second-order valence-electron chi connectivity index (χ2n) is 30.7. The monoisotopic (exact) mass is 1780 g/mol. The number of nitrogens with zero attached hydrogens (tertiary/aromatic N) is 8. The van der Waals surface area contributed by atoms with Gasteiger partial charge >= 0.3 is 0 Å². The molecule has 0 spiro atoms. The molecule has 0 aliphatic heterocycles. The molecule has 12 aromatic rings. The summed E-state index contributed by atoms with van der Waals surface area (Å²) in [4.78, 5) is 88.2. The van der Waals surface area contributed by atoms with Crippen molar-refractivity contribution in [2.45, 2.75) is 126 Å². The Morgan fingerprint density at radius 3 is 0.984 bits per heavy atom. The maximum Gasteiger partial charge on any atom is 0.256 e. The molecule has 28 heteroatoms. The van der Waals surface area contributed by atoms with Crippen LogP contribution >= 0.6 is 22.6 Å². The number of allylic oxidation sites excluding steroid dienone is 4. The van der Waals surface area contributed by atoms with Crippen molar-refractivity contribution in [1.82, 2.24) is 39.9 Å². The van der Waals surface area contributed by atoms with Gasteiger partial charge in [-0.2, -0.15) is 0 Å². The molecule has 8 aromatic carbocycles. The highest BCUT2D eigenvalue weighted by Gasteiger charge is 2.31. The summed E-state index contributed by atoms with van der Waals surface area (Å²) in [6.07, 6.45) is 11.7. The predicted octanol–water partition coefficient (Wildman–Crippen LogP) is 19.9. The minimum absolute atomic E-state index is 0.00366. The molecule has 4 aromatic heterocycles. The second-order valence-corrected chi connectivity index (χ2v) is 31.9. The van der Waals surface area contributed by atoms with Gasteiger partial charge in [0.25, 0.3) is 5.91 Å². The van der Waals surface area contributed by atoms with Crippen LogP contribution in [-0.4, -0.2) is 83.9 Å². The number of phenolic OH excluding ortho intramolecular Hbond substituents is 4. The number of rotatable bonds is 15. The van der Waals surface area contributed by atoms with E-state index in [1.54, 1.807) is 80.6 Å². The normalized spacial score (nSPS) is 12.0. The zero-order valence-corrected chi connectivity index (χ0v) is 70.1. The van der Waals surface area contributed by atoms with Gasteiger partial charge in [-0.3, -0.25) is 19.2 Å². The van der Waals surface area contributed by atoms with Crippen molar-refractivity contribution >= 4 is 93.8 Å². The van der Waals surface area contributed by atoms with Crippen LogP contribution in [0.3, 0.4) is 0 Å². The number of carbonyl (C=O) groups excluding carboxylic acids is 4. The molecule has 0 saturated heterocycles. The number of amides is 4. The lowest BCUT2D eigenvalue weighted by atomic mass is 9.91. The van der Waals surface area contributed by atoms with Gasteiger partial charge in [-0.15, -0.1) is 0 Å². The maximum absolute atomic E-state index is 14.0. The lowest BCUT2D eigenvalue weighted by Crippen LogP contribution is -2.21. The third-order valence-corrected chi connectivity index (χ3v) is 20.6. The van der Waals surface area contributed by atoms with Crippen molar-refractivity contribution in [1.29, 1.82) is 0 Å². The summed E-state index contributed by atoms with van der Waals surface area (Å²) in [5.74, 6) is -12.2. The number of nitrogens with one attached hydrogen (secondary N) is 4. The number of hydrogen-bond donors (Lipinski definition) is 8. The van der Waals surface area contributed by atoms with Crippen LogP contribution in [0.2, 0.25) is 0 Å². The van der Waals surface area contributed by atoms with Crippen LogP contribution in [0.25, 0.3) is 69.3 Å². The highest BCUT2D eigenvalue weighted by Crippen LogP contribution is 2.41. The molecule has 20 nitrogen and oxygen atoms in total. The van der Waals surface area contributed by atoms with Gasteiger partial charge in [0.15, 0.2) is 58.2 Å². The van der Waals surface area contributed by atoms with Crippen LogP contribution in [0.15, 0.2) is 168 Å². The summed E-state index contributed by atoms with van der Waals surface area (Å²) in [7, 11) is 0. The predicted molar refractivity (Wildman–Crippen MR) is 467 cm³/mol. The van der Waals surface area contributed by atoms with Gasteiger partial charge in [0.1, 0.15) is 45.8 Å². The molecule has 0 fully saturated rings. The van der Waals surface area contributed by atoms with E-state index in [0.29, 0.717) is 95.6 Å². The number of carbonyl (C=O) groups is 4. The zero-order valence-electron chi connectivity index (χ0n) is 68.0. The first-order valence-corrected chi connectivity index (χ1v) is 40.3. The summed E-state index contributed by atoms with van der Waals surface area (Å²) >= 11 is 2.25. The average molecular weight is 1780 g/mol. The molecule has 8 N–H and O–H groups in total. The first kappa shape index (κ1) is 87.2. The second kappa shape index (κ2) is 38.0. The van der Waals surface area contributed by atoms with Crippen molar-refractivity contribution in [2.24, 2.45) is 0 Å². The van der Waals surface area contributed by atoms with Gasteiger partial charge < -0.3 is 41.7 Å². The molecule has 0 bridgehead atoms. The van der Waals surface area contributed by atoms with Crippen LogP contribution in [-0.2, 0) is 85.0 Å². The third-order valence-electron chi connectivity index (χ3n) is 19.9. The molecule has 123 heavy (non-hydrogen) atoms. The van der Waals surface area contributed by atoms with Crippen molar-refractivity contribution in [3.8, 4) is 68.0 Å². The van der Waals surface area contributed by atoms with Crippen molar-refractivity contribution in [3.05, 3.63) is 302 Å². The molecule has 4 amide bonds. The number of aromatic hydroxyl groups is 4. The highest BCUT2D eigenvalue weighted by molar-refractivity contribution is 14.1.